The van der Waals surface area contributed by atoms with E-state index in [2.05, 4.69) is 5.32 Å². The van der Waals surface area contributed by atoms with E-state index in [1.807, 2.05) is 30.3 Å². The Morgan fingerprint density at radius 3 is 1.73 bits per heavy atom. The van der Waals surface area contributed by atoms with Crippen LogP contribution in [-0.2, 0) is 9.59 Å². The molecule has 3 aromatic carbocycles. The minimum atomic E-state index is -1.14. The lowest BCUT2D eigenvalue weighted by atomic mass is 9.75. The molecular weight excluding hydrogens is 374 g/mol. The maximum atomic E-state index is 13.5. The number of rotatable bonds is 8. The van der Waals surface area contributed by atoms with Crippen LogP contribution in [0.15, 0.2) is 91.0 Å². The van der Waals surface area contributed by atoms with E-state index in [4.69, 9.17) is 0 Å². The summed E-state index contributed by atoms with van der Waals surface area (Å²) in [5.41, 5.74) is 1.71. The Morgan fingerprint density at radius 1 is 0.700 bits per heavy atom. The summed E-state index contributed by atoms with van der Waals surface area (Å²) >= 11 is 0. The number of amides is 1. The van der Waals surface area contributed by atoms with Crippen LogP contribution >= 0.6 is 0 Å². The summed E-state index contributed by atoms with van der Waals surface area (Å²) in [6, 6.07) is 26.8. The Balaban J connectivity index is 2.07. The average Bonchev–Trinajstić information content (AvgIpc) is 2.78. The highest BCUT2D eigenvalue weighted by molar-refractivity contribution is 6.14. The van der Waals surface area contributed by atoms with Gasteiger partial charge in [0, 0.05) is 17.2 Å². The molecule has 3 rings (SSSR count). The summed E-state index contributed by atoms with van der Waals surface area (Å²) < 4.78 is 0. The van der Waals surface area contributed by atoms with Gasteiger partial charge in [-0.25, -0.2) is 0 Å². The maximum absolute atomic E-state index is 13.5. The molecule has 0 aliphatic heterocycles. The molecule has 0 spiro atoms. The SMILES string of the molecule is CC(C)C(=O)C(C(=O)Nc1ccccc1)C(C(=O)c1ccccc1)c1ccccc1. The second-order valence-corrected chi connectivity index (χ2v) is 7.51. The molecule has 0 aromatic heterocycles. The summed E-state index contributed by atoms with van der Waals surface area (Å²) in [6.45, 7) is 3.50. The van der Waals surface area contributed by atoms with Crippen LogP contribution in [0.2, 0.25) is 0 Å². The van der Waals surface area contributed by atoms with Crippen molar-refractivity contribution >= 4 is 23.2 Å². The zero-order valence-electron chi connectivity index (χ0n) is 17.1. The van der Waals surface area contributed by atoms with Crippen molar-refractivity contribution in [2.24, 2.45) is 11.8 Å². The van der Waals surface area contributed by atoms with Gasteiger partial charge < -0.3 is 5.32 Å². The smallest absolute Gasteiger partial charge is 0.236 e. The molecule has 1 amide bonds. The molecule has 0 saturated carbocycles. The monoisotopic (exact) mass is 399 g/mol. The van der Waals surface area contributed by atoms with Crippen LogP contribution in [0.3, 0.4) is 0 Å². The number of hydrogen-bond donors (Lipinski definition) is 1. The summed E-state index contributed by atoms with van der Waals surface area (Å²) in [5.74, 6) is -3.43. The van der Waals surface area contributed by atoms with Crippen LogP contribution in [0, 0.1) is 11.8 Å². The molecule has 0 bridgehead atoms. The summed E-state index contributed by atoms with van der Waals surface area (Å²) in [7, 11) is 0. The minimum Gasteiger partial charge on any atom is -0.325 e. The van der Waals surface area contributed by atoms with Gasteiger partial charge >= 0.3 is 0 Å². The van der Waals surface area contributed by atoms with Crippen LogP contribution in [0.25, 0.3) is 0 Å². The number of hydrogen-bond acceptors (Lipinski definition) is 3. The van der Waals surface area contributed by atoms with Gasteiger partial charge in [-0.1, -0.05) is 92.7 Å². The van der Waals surface area contributed by atoms with E-state index in [1.54, 1.807) is 74.5 Å². The standard InChI is InChI=1S/C26H25NO3/c1-18(2)24(28)23(26(30)27-21-16-10-5-11-17-21)22(19-12-6-3-7-13-19)25(29)20-14-8-4-9-15-20/h3-18,22-23H,1-2H3,(H,27,30). The molecule has 0 heterocycles. The predicted molar refractivity (Wildman–Crippen MR) is 118 cm³/mol. The number of anilines is 1. The summed E-state index contributed by atoms with van der Waals surface area (Å²) in [5, 5.41) is 2.82. The second-order valence-electron chi connectivity index (χ2n) is 7.51. The number of benzene rings is 3. The van der Waals surface area contributed by atoms with Crippen LogP contribution in [0.4, 0.5) is 5.69 Å². The first-order valence-electron chi connectivity index (χ1n) is 10.0. The fraction of sp³-hybridized carbons (Fsp3) is 0.192. The van der Waals surface area contributed by atoms with Gasteiger partial charge in [0.25, 0.3) is 0 Å². The molecule has 0 aliphatic carbocycles. The molecule has 4 heteroatoms. The van der Waals surface area contributed by atoms with Crippen molar-refractivity contribution in [3.8, 4) is 0 Å². The third-order valence-electron chi connectivity index (χ3n) is 5.03. The van der Waals surface area contributed by atoms with Gasteiger partial charge in [0.1, 0.15) is 11.7 Å². The van der Waals surface area contributed by atoms with Gasteiger partial charge in [0.2, 0.25) is 5.91 Å². The van der Waals surface area contributed by atoms with Gasteiger partial charge in [-0.05, 0) is 17.7 Å². The normalized spacial score (nSPS) is 12.8. The largest absolute Gasteiger partial charge is 0.325 e. The summed E-state index contributed by atoms with van der Waals surface area (Å²) in [4.78, 5) is 40.1. The molecule has 2 unspecified atom stereocenters. The molecule has 1 N–H and O–H groups in total. The number of carbonyl (C=O) groups is 3. The highest BCUT2D eigenvalue weighted by Gasteiger charge is 2.41. The number of nitrogens with one attached hydrogen (secondary N) is 1. The van der Waals surface area contributed by atoms with Crippen molar-refractivity contribution in [2.75, 3.05) is 5.32 Å². The molecule has 0 fully saturated rings. The van der Waals surface area contributed by atoms with Crippen molar-refractivity contribution in [2.45, 2.75) is 19.8 Å². The molecule has 2 atom stereocenters. The van der Waals surface area contributed by atoms with Crippen molar-refractivity contribution in [1.29, 1.82) is 0 Å². The Morgan fingerprint density at radius 2 is 1.20 bits per heavy atom. The second kappa shape index (κ2) is 9.79. The molecule has 152 valence electrons. The maximum Gasteiger partial charge on any atom is 0.236 e. The van der Waals surface area contributed by atoms with Crippen molar-refractivity contribution < 1.29 is 14.4 Å². The third kappa shape index (κ3) is 4.90. The summed E-state index contributed by atoms with van der Waals surface area (Å²) in [6.07, 6.45) is 0. The van der Waals surface area contributed by atoms with E-state index in [1.165, 1.54) is 0 Å². The lowest BCUT2D eigenvalue weighted by Gasteiger charge is -2.26. The fourth-order valence-corrected chi connectivity index (χ4v) is 3.48. The fourth-order valence-electron chi connectivity index (χ4n) is 3.48. The van der Waals surface area contributed by atoms with Gasteiger partial charge in [-0.2, -0.15) is 0 Å². The lowest BCUT2D eigenvalue weighted by Crippen LogP contribution is -2.40. The van der Waals surface area contributed by atoms with E-state index in [9.17, 15) is 14.4 Å². The van der Waals surface area contributed by atoms with E-state index < -0.39 is 23.7 Å². The van der Waals surface area contributed by atoms with Crippen molar-refractivity contribution in [1.82, 2.24) is 0 Å². The first kappa shape index (κ1) is 21.2. The van der Waals surface area contributed by atoms with Crippen LogP contribution in [0.5, 0.6) is 0 Å². The van der Waals surface area contributed by atoms with Gasteiger partial charge in [-0.15, -0.1) is 0 Å². The zero-order chi connectivity index (χ0) is 21.5. The van der Waals surface area contributed by atoms with Crippen molar-refractivity contribution in [3.05, 3.63) is 102 Å². The third-order valence-corrected chi connectivity index (χ3v) is 5.03. The first-order valence-corrected chi connectivity index (χ1v) is 10.0. The molecule has 0 radical (unpaired) electrons. The molecule has 0 aliphatic rings. The Bertz CT molecular complexity index is 998. The molecule has 4 nitrogen and oxygen atoms in total. The molecular formula is C26H25NO3. The van der Waals surface area contributed by atoms with E-state index >= 15 is 0 Å². The Hall–Kier alpha value is -3.53. The van der Waals surface area contributed by atoms with Gasteiger partial charge in [0.15, 0.2) is 5.78 Å². The van der Waals surface area contributed by atoms with Crippen LogP contribution in [-0.4, -0.2) is 17.5 Å². The van der Waals surface area contributed by atoms with Crippen LogP contribution in [0.1, 0.15) is 35.7 Å². The molecule has 0 saturated heterocycles. The van der Waals surface area contributed by atoms with Gasteiger partial charge in [-0.3, -0.25) is 14.4 Å². The van der Waals surface area contributed by atoms with E-state index in [-0.39, 0.29) is 11.6 Å². The van der Waals surface area contributed by atoms with Crippen molar-refractivity contribution in [3.63, 3.8) is 0 Å². The highest BCUT2D eigenvalue weighted by Crippen LogP contribution is 2.32. The topological polar surface area (TPSA) is 63.2 Å². The van der Waals surface area contributed by atoms with Crippen LogP contribution < -0.4 is 5.32 Å². The molecule has 3 aromatic rings. The number of para-hydroxylation sites is 1. The zero-order valence-corrected chi connectivity index (χ0v) is 17.1. The average molecular weight is 399 g/mol. The van der Waals surface area contributed by atoms with E-state index in [0.717, 1.165) is 0 Å². The quantitative estimate of drug-likeness (QED) is 0.422. The van der Waals surface area contributed by atoms with E-state index in [0.29, 0.717) is 16.8 Å². The number of carbonyl (C=O) groups excluding carboxylic acids is 3. The Kier molecular flexibility index (Phi) is 6.91. The Labute approximate surface area is 176 Å². The number of Topliss-reactive ketones (excluding diaryl/α,β-unsaturated/α-hetero) is 2. The molecule has 30 heavy (non-hydrogen) atoms. The minimum absolute atomic E-state index is 0.246. The number of ketones is 2. The highest BCUT2D eigenvalue weighted by atomic mass is 16.2. The lowest BCUT2D eigenvalue weighted by molar-refractivity contribution is -0.133. The van der Waals surface area contributed by atoms with Gasteiger partial charge in [0.05, 0.1) is 5.92 Å². The first-order chi connectivity index (χ1) is 14.5. The predicted octanol–water partition coefficient (Wildman–Crippen LogP) is 5.13.